The third-order valence-electron chi connectivity index (χ3n) is 3.51. The SMILES string of the molecule is O=C(NCC1(CBr)CCCC1)c1ccncc1. The number of aromatic nitrogens is 1. The first-order valence-electron chi connectivity index (χ1n) is 6.00. The first kappa shape index (κ1) is 12.6. The van der Waals surface area contributed by atoms with E-state index < -0.39 is 0 Å². The van der Waals surface area contributed by atoms with Crippen LogP contribution in [0.4, 0.5) is 0 Å². The molecular formula is C13H17BrN2O. The summed E-state index contributed by atoms with van der Waals surface area (Å²) in [6, 6.07) is 3.48. The molecule has 1 aromatic heterocycles. The Morgan fingerprint density at radius 3 is 2.59 bits per heavy atom. The van der Waals surface area contributed by atoms with E-state index in [1.807, 2.05) is 0 Å². The highest BCUT2D eigenvalue weighted by atomic mass is 79.9. The second-order valence-electron chi connectivity index (χ2n) is 4.76. The summed E-state index contributed by atoms with van der Waals surface area (Å²) in [5.41, 5.74) is 0.950. The molecule has 92 valence electrons. The molecule has 0 aliphatic heterocycles. The average Bonchev–Trinajstić information content (AvgIpc) is 2.86. The highest BCUT2D eigenvalue weighted by Gasteiger charge is 2.32. The number of alkyl halides is 1. The predicted molar refractivity (Wildman–Crippen MR) is 71.3 cm³/mol. The van der Waals surface area contributed by atoms with Crippen LogP contribution in [-0.2, 0) is 0 Å². The third kappa shape index (κ3) is 3.06. The summed E-state index contributed by atoms with van der Waals surface area (Å²) >= 11 is 3.58. The number of hydrogen-bond donors (Lipinski definition) is 1. The van der Waals surface area contributed by atoms with E-state index in [2.05, 4.69) is 26.2 Å². The molecule has 2 rings (SSSR count). The largest absolute Gasteiger partial charge is 0.351 e. The van der Waals surface area contributed by atoms with Crippen LogP contribution in [0.2, 0.25) is 0 Å². The fourth-order valence-electron chi connectivity index (χ4n) is 2.36. The smallest absolute Gasteiger partial charge is 0.251 e. The third-order valence-corrected chi connectivity index (χ3v) is 4.70. The Hall–Kier alpha value is -0.900. The van der Waals surface area contributed by atoms with E-state index >= 15 is 0 Å². The number of rotatable bonds is 4. The van der Waals surface area contributed by atoms with Gasteiger partial charge in [0.2, 0.25) is 0 Å². The molecule has 3 nitrogen and oxygen atoms in total. The molecule has 1 N–H and O–H groups in total. The Bertz CT molecular complexity index is 374. The standard InChI is InChI=1S/C13H17BrN2O/c14-9-13(5-1-2-6-13)10-16-12(17)11-3-7-15-8-4-11/h3-4,7-8H,1-2,5-6,9-10H2,(H,16,17). The molecule has 0 radical (unpaired) electrons. The Morgan fingerprint density at radius 2 is 2.00 bits per heavy atom. The maximum atomic E-state index is 11.9. The summed E-state index contributed by atoms with van der Waals surface area (Å²) in [4.78, 5) is 15.8. The zero-order chi connectivity index (χ0) is 12.1. The van der Waals surface area contributed by atoms with Gasteiger partial charge in [0, 0.05) is 29.8 Å². The maximum Gasteiger partial charge on any atom is 0.251 e. The summed E-state index contributed by atoms with van der Waals surface area (Å²) in [5.74, 6) is -0.000347. The van der Waals surface area contributed by atoms with Crippen molar-refractivity contribution in [3.8, 4) is 0 Å². The second-order valence-corrected chi connectivity index (χ2v) is 5.32. The monoisotopic (exact) mass is 296 g/mol. The van der Waals surface area contributed by atoms with Crippen molar-refractivity contribution in [3.05, 3.63) is 30.1 Å². The molecule has 0 bridgehead atoms. The molecule has 0 spiro atoms. The zero-order valence-electron chi connectivity index (χ0n) is 9.79. The number of hydrogen-bond acceptors (Lipinski definition) is 2. The van der Waals surface area contributed by atoms with Gasteiger partial charge in [-0.05, 0) is 30.4 Å². The number of pyridine rings is 1. The quantitative estimate of drug-likeness (QED) is 0.868. The summed E-state index contributed by atoms with van der Waals surface area (Å²) in [7, 11) is 0. The minimum Gasteiger partial charge on any atom is -0.351 e. The molecule has 1 saturated carbocycles. The van der Waals surface area contributed by atoms with E-state index in [0.717, 1.165) is 11.9 Å². The number of carbonyl (C=O) groups excluding carboxylic acids is 1. The molecule has 17 heavy (non-hydrogen) atoms. The van der Waals surface area contributed by atoms with Crippen LogP contribution in [0.25, 0.3) is 0 Å². The summed E-state index contributed by atoms with van der Waals surface area (Å²) in [5, 5.41) is 4.00. The Labute approximate surface area is 110 Å². The van der Waals surface area contributed by atoms with Crippen molar-refractivity contribution in [2.75, 3.05) is 11.9 Å². The summed E-state index contributed by atoms with van der Waals surface area (Å²) < 4.78 is 0. The van der Waals surface area contributed by atoms with Crippen molar-refractivity contribution in [1.29, 1.82) is 0 Å². The van der Waals surface area contributed by atoms with Crippen molar-refractivity contribution in [3.63, 3.8) is 0 Å². The lowest BCUT2D eigenvalue weighted by Gasteiger charge is -2.26. The van der Waals surface area contributed by atoms with E-state index in [1.165, 1.54) is 25.7 Å². The van der Waals surface area contributed by atoms with Gasteiger partial charge in [0.25, 0.3) is 5.91 Å². The highest BCUT2D eigenvalue weighted by Crippen LogP contribution is 2.38. The molecule has 0 aromatic carbocycles. The molecule has 0 saturated heterocycles. The van der Waals surface area contributed by atoms with Crippen molar-refractivity contribution in [2.45, 2.75) is 25.7 Å². The number of carbonyl (C=O) groups is 1. The van der Waals surface area contributed by atoms with Gasteiger partial charge in [0.05, 0.1) is 0 Å². The molecule has 1 aliphatic carbocycles. The normalized spacial score (nSPS) is 17.9. The lowest BCUT2D eigenvalue weighted by molar-refractivity contribution is 0.0935. The number of nitrogens with one attached hydrogen (secondary N) is 1. The van der Waals surface area contributed by atoms with Crippen LogP contribution in [0.5, 0.6) is 0 Å². The molecule has 1 heterocycles. The van der Waals surface area contributed by atoms with Crippen LogP contribution in [0.15, 0.2) is 24.5 Å². The number of nitrogens with zero attached hydrogens (tertiary/aromatic N) is 1. The molecule has 1 aliphatic rings. The van der Waals surface area contributed by atoms with E-state index in [-0.39, 0.29) is 11.3 Å². The van der Waals surface area contributed by atoms with Gasteiger partial charge in [-0.2, -0.15) is 0 Å². The van der Waals surface area contributed by atoms with E-state index in [0.29, 0.717) is 5.56 Å². The minimum absolute atomic E-state index is 0.000347. The predicted octanol–water partition coefficient (Wildman–Crippen LogP) is 2.77. The van der Waals surface area contributed by atoms with Gasteiger partial charge in [-0.1, -0.05) is 28.8 Å². The topological polar surface area (TPSA) is 42.0 Å². The fourth-order valence-corrected chi connectivity index (χ4v) is 3.11. The van der Waals surface area contributed by atoms with Crippen LogP contribution < -0.4 is 5.32 Å². The Morgan fingerprint density at radius 1 is 1.35 bits per heavy atom. The van der Waals surface area contributed by atoms with E-state index in [4.69, 9.17) is 0 Å². The Balaban J connectivity index is 1.92. The number of halogens is 1. The zero-order valence-corrected chi connectivity index (χ0v) is 11.4. The van der Waals surface area contributed by atoms with Crippen molar-refractivity contribution >= 4 is 21.8 Å². The maximum absolute atomic E-state index is 11.9. The first-order chi connectivity index (χ1) is 8.26. The van der Waals surface area contributed by atoms with Crippen LogP contribution in [0, 0.1) is 5.41 Å². The summed E-state index contributed by atoms with van der Waals surface area (Å²) in [6.45, 7) is 0.763. The van der Waals surface area contributed by atoms with Gasteiger partial charge in [-0.15, -0.1) is 0 Å². The van der Waals surface area contributed by atoms with Crippen molar-refractivity contribution < 1.29 is 4.79 Å². The van der Waals surface area contributed by atoms with Crippen LogP contribution in [0.3, 0.4) is 0 Å². The van der Waals surface area contributed by atoms with Gasteiger partial charge < -0.3 is 5.32 Å². The van der Waals surface area contributed by atoms with Crippen molar-refractivity contribution in [2.24, 2.45) is 5.41 Å². The summed E-state index contributed by atoms with van der Waals surface area (Å²) in [6.07, 6.45) is 8.24. The lowest BCUT2D eigenvalue weighted by atomic mass is 9.89. The number of amides is 1. The first-order valence-corrected chi connectivity index (χ1v) is 7.12. The molecule has 4 heteroatoms. The van der Waals surface area contributed by atoms with Gasteiger partial charge in [-0.25, -0.2) is 0 Å². The van der Waals surface area contributed by atoms with Gasteiger partial charge in [0.1, 0.15) is 0 Å². The molecule has 1 fully saturated rings. The fraction of sp³-hybridized carbons (Fsp3) is 0.538. The molecule has 0 unspecified atom stereocenters. The Kier molecular flexibility index (Phi) is 4.15. The van der Waals surface area contributed by atoms with E-state index in [9.17, 15) is 4.79 Å². The van der Waals surface area contributed by atoms with Crippen LogP contribution in [-0.4, -0.2) is 22.8 Å². The molecule has 1 aromatic rings. The van der Waals surface area contributed by atoms with Gasteiger partial charge in [0.15, 0.2) is 0 Å². The second kappa shape index (κ2) is 5.63. The van der Waals surface area contributed by atoms with E-state index in [1.54, 1.807) is 24.5 Å². The molecule has 0 atom stereocenters. The minimum atomic E-state index is -0.000347. The molecule has 1 amide bonds. The lowest BCUT2D eigenvalue weighted by Crippen LogP contribution is -2.37. The van der Waals surface area contributed by atoms with Crippen molar-refractivity contribution in [1.82, 2.24) is 10.3 Å². The van der Waals surface area contributed by atoms with Gasteiger partial charge in [-0.3, -0.25) is 9.78 Å². The highest BCUT2D eigenvalue weighted by molar-refractivity contribution is 9.09. The average molecular weight is 297 g/mol. The van der Waals surface area contributed by atoms with Crippen LogP contribution >= 0.6 is 15.9 Å². The van der Waals surface area contributed by atoms with Gasteiger partial charge >= 0.3 is 0 Å². The molecular weight excluding hydrogens is 280 g/mol. The van der Waals surface area contributed by atoms with Crippen LogP contribution in [0.1, 0.15) is 36.0 Å².